The molecule has 0 spiro atoms. The normalized spacial score (nSPS) is 9.52. The van der Waals surface area contributed by atoms with E-state index >= 15 is 0 Å². The highest BCUT2D eigenvalue weighted by Crippen LogP contribution is 2.11. The van der Waals surface area contributed by atoms with E-state index in [1.54, 1.807) is 0 Å². The van der Waals surface area contributed by atoms with Crippen LogP contribution in [0.1, 0.15) is 27.8 Å². The van der Waals surface area contributed by atoms with Crippen LogP contribution < -0.4 is 10.8 Å². The molecule has 116 valence electrons. The van der Waals surface area contributed by atoms with Gasteiger partial charge >= 0.3 is 0 Å². The standard InChI is InChI=1S/C23H16BP/c1-17-20(11-7-19-9-15-22(24)16-10-19)13-14-21(23(17)25)12-8-18-5-3-2-4-6-18/h2-6,9-10,13-16H,25H2,1H3. The van der Waals surface area contributed by atoms with Crippen molar-refractivity contribution in [3.05, 3.63) is 94.5 Å². The Hall–Kier alpha value is -2.73. The van der Waals surface area contributed by atoms with Gasteiger partial charge in [-0.05, 0) is 54.2 Å². The van der Waals surface area contributed by atoms with Crippen molar-refractivity contribution in [2.24, 2.45) is 0 Å². The molecule has 3 aromatic rings. The molecule has 1 atom stereocenters. The molecule has 0 aliphatic heterocycles. The van der Waals surface area contributed by atoms with E-state index in [9.17, 15) is 0 Å². The Bertz CT molecular complexity index is 1010. The average Bonchev–Trinajstić information content (AvgIpc) is 2.64. The molecule has 25 heavy (non-hydrogen) atoms. The largest absolute Gasteiger partial charge is 0.113 e. The molecule has 2 radical (unpaired) electrons. The molecular formula is C23H16BP. The summed E-state index contributed by atoms with van der Waals surface area (Å²) in [5.74, 6) is 12.9. The highest BCUT2D eigenvalue weighted by atomic mass is 31.0. The van der Waals surface area contributed by atoms with Gasteiger partial charge in [-0.15, -0.1) is 9.24 Å². The Labute approximate surface area is 153 Å². The molecule has 0 bridgehead atoms. The van der Waals surface area contributed by atoms with Gasteiger partial charge in [0.1, 0.15) is 7.85 Å². The summed E-state index contributed by atoms with van der Waals surface area (Å²) < 4.78 is 0. The van der Waals surface area contributed by atoms with Gasteiger partial charge in [0, 0.05) is 22.3 Å². The van der Waals surface area contributed by atoms with E-state index in [4.69, 9.17) is 7.85 Å². The molecule has 3 rings (SSSR count). The molecule has 1 unspecified atom stereocenters. The number of hydrogen-bond acceptors (Lipinski definition) is 0. The molecule has 0 fully saturated rings. The van der Waals surface area contributed by atoms with Gasteiger partial charge in [-0.25, -0.2) is 0 Å². The molecule has 2 heteroatoms. The summed E-state index contributed by atoms with van der Waals surface area (Å²) >= 11 is 0. The van der Waals surface area contributed by atoms with E-state index in [0.29, 0.717) is 0 Å². The third kappa shape index (κ3) is 4.42. The van der Waals surface area contributed by atoms with E-state index in [0.717, 1.165) is 38.6 Å². The second-order valence-electron chi connectivity index (χ2n) is 5.69. The number of hydrogen-bond donors (Lipinski definition) is 0. The summed E-state index contributed by atoms with van der Waals surface area (Å²) in [4.78, 5) is 0. The van der Waals surface area contributed by atoms with Gasteiger partial charge in [-0.2, -0.15) is 0 Å². The Balaban J connectivity index is 1.89. The van der Waals surface area contributed by atoms with Crippen LogP contribution in [0.25, 0.3) is 0 Å². The van der Waals surface area contributed by atoms with Gasteiger partial charge in [0.15, 0.2) is 0 Å². The first kappa shape index (κ1) is 17.1. The highest BCUT2D eigenvalue weighted by Gasteiger charge is 2.03. The van der Waals surface area contributed by atoms with Crippen LogP contribution in [0.15, 0.2) is 66.7 Å². The van der Waals surface area contributed by atoms with Crippen molar-refractivity contribution in [1.29, 1.82) is 0 Å². The molecule has 0 amide bonds. The lowest BCUT2D eigenvalue weighted by molar-refractivity contribution is 1.46. The van der Waals surface area contributed by atoms with Crippen molar-refractivity contribution in [2.75, 3.05) is 0 Å². The molecule has 0 N–H and O–H groups in total. The van der Waals surface area contributed by atoms with E-state index in [1.165, 1.54) is 0 Å². The zero-order valence-corrected chi connectivity index (χ0v) is 15.2. The third-order valence-electron chi connectivity index (χ3n) is 3.88. The van der Waals surface area contributed by atoms with Gasteiger partial charge in [-0.3, -0.25) is 0 Å². The first-order chi connectivity index (χ1) is 12.1. The molecule has 0 aliphatic rings. The lowest BCUT2D eigenvalue weighted by Crippen LogP contribution is -2.05. The van der Waals surface area contributed by atoms with Gasteiger partial charge in [0.2, 0.25) is 0 Å². The Morgan fingerprint density at radius 3 is 1.92 bits per heavy atom. The average molecular weight is 334 g/mol. The van der Waals surface area contributed by atoms with Crippen LogP contribution in [-0.4, -0.2) is 7.85 Å². The molecule has 0 saturated heterocycles. The Kier molecular flexibility index (Phi) is 5.41. The maximum Gasteiger partial charge on any atom is 0.113 e. The molecular weight excluding hydrogens is 318 g/mol. The first-order valence-corrected chi connectivity index (χ1v) is 8.55. The summed E-state index contributed by atoms with van der Waals surface area (Å²) in [5.41, 5.74) is 5.85. The van der Waals surface area contributed by atoms with Gasteiger partial charge in [-0.1, -0.05) is 59.5 Å². The Morgan fingerprint density at radius 2 is 1.24 bits per heavy atom. The molecule has 0 saturated carbocycles. The first-order valence-electron chi connectivity index (χ1n) is 7.97. The zero-order valence-electron chi connectivity index (χ0n) is 14.0. The fourth-order valence-corrected chi connectivity index (χ4v) is 2.66. The minimum absolute atomic E-state index is 0.746. The summed E-state index contributed by atoms with van der Waals surface area (Å²) in [5, 5.41) is 1.09. The van der Waals surface area contributed by atoms with E-state index in [-0.39, 0.29) is 0 Å². The monoisotopic (exact) mass is 334 g/mol. The second kappa shape index (κ2) is 7.90. The van der Waals surface area contributed by atoms with Crippen LogP contribution in [-0.2, 0) is 0 Å². The van der Waals surface area contributed by atoms with Crippen LogP contribution in [0.3, 0.4) is 0 Å². The predicted molar refractivity (Wildman–Crippen MR) is 111 cm³/mol. The number of rotatable bonds is 0. The summed E-state index contributed by atoms with van der Waals surface area (Å²) in [6, 6.07) is 21.6. The lowest BCUT2D eigenvalue weighted by Gasteiger charge is -2.05. The minimum Gasteiger partial charge on any atom is -0.104 e. The maximum atomic E-state index is 5.70. The lowest BCUT2D eigenvalue weighted by atomic mass is 9.95. The van der Waals surface area contributed by atoms with Crippen LogP contribution >= 0.6 is 9.24 Å². The van der Waals surface area contributed by atoms with Crippen LogP contribution in [0.4, 0.5) is 0 Å². The van der Waals surface area contributed by atoms with Crippen molar-refractivity contribution in [3.8, 4) is 23.7 Å². The highest BCUT2D eigenvalue weighted by molar-refractivity contribution is 7.27. The molecule has 0 aliphatic carbocycles. The third-order valence-corrected chi connectivity index (χ3v) is 4.63. The SMILES string of the molecule is [B]c1ccc(C#Cc2ccc(C#Cc3ccccc3)c(P)c2C)cc1. The van der Waals surface area contributed by atoms with Gasteiger partial charge in [0.05, 0.1) is 0 Å². The summed E-state index contributed by atoms with van der Waals surface area (Å²) in [6.45, 7) is 2.07. The van der Waals surface area contributed by atoms with Gasteiger partial charge < -0.3 is 0 Å². The second-order valence-corrected chi connectivity index (χ2v) is 6.26. The van der Waals surface area contributed by atoms with E-state index in [1.807, 2.05) is 66.7 Å². The maximum absolute atomic E-state index is 5.70. The molecule has 0 aromatic heterocycles. The fraction of sp³-hybridized carbons (Fsp3) is 0.0435. The molecule has 0 heterocycles. The van der Waals surface area contributed by atoms with Crippen LogP contribution in [0, 0.1) is 30.6 Å². The number of benzene rings is 3. The fourth-order valence-electron chi connectivity index (χ4n) is 2.34. The van der Waals surface area contributed by atoms with Crippen LogP contribution in [0.2, 0.25) is 0 Å². The van der Waals surface area contributed by atoms with Crippen LogP contribution in [0.5, 0.6) is 0 Å². The van der Waals surface area contributed by atoms with E-state index in [2.05, 4.69) is 39.8 Å². The van der Waals surface area contributed by atoms with Crippen molar-refractivity contribution in [2.45, 2.75) is 6.92 Å². The summed E-state index contributed by atoms with van der Waals surface area (Å²) in [7, 11) is 8.49. The Morgan fingerprint density at radius 1 is 0.680 bits per heavy atom. The van der Waals surface area contributed by atoms with Crippen molar-refractivity contribution in [3.63, 3.8) is 0 Å². The summed E-state index contributed by atoms with van der Waals surface area (Å²) in [6.07, 6.45) is 0. The topological polar surface area (TPSA) is 0 Å². The van der Waals surface area contributed by atoms with Crippen molar-refractivity contribution in [1.82, 2.24) is 0 Å². The molecule has 0 nitrogen and oxygen atoms in total. The van der Waals surface area contributed by atoms with E-state index < -0.39 is 0 Å². The predicted octanol–water partition coefficient (Wildman–Crippen LogP) is 3.09. The van der Waals surface area contributed by atoms with Crippen molar-refractivity contribution < 1.29 is 0 Å². The smallest absolute Gasteiger partial charge is 0.104 e. The quantitative estimate of drug-likeness (QED) is 0.337. The van der Waals surface area contributed by atoms with Gasteiger partial charge in [0.25, 0.3) is 0 Å². The zero-order chi connectivity index (χ0) is 17.6. The molecule has 3 aromatic carbocycles. The minimum atomic E-state index is 0.746. The van der Waals surface area contributed by atoms with Crippen molar-refractivity contribution >= 4 is 27.9 Å².